The highest BCUT2D eigenvalue weighted by atomic mass is 16.5. The Morgan fingerprint density at radius 3 is 1.70 bits per heavy atom. The van der Waals surface area contributed by atoms with E-state index in [-0.39, 0.29) is 17.5 Å². The average Bonchev–Trinajstić information content (AvgIpc) is 3.48. The van der Waals surface area contributed by atoms with Crippen molar-refractivity contribution in [2.45, 2.75) is 102 Å². The first kappa shape index (κ1) is 39.9. The first-order valence-electron chi connectivity index (χ1n) is 16.2. The molecule has 1 aromatic heterocycles. The average molecular weight is 605 g/mol. The van der Waals surface area contributed by atoms with E-state index in [4.69, 9.17) is 14.0 Å². The molecule has 0 aliphatic heterocycles. The summed E-state index contributed by atoms with van der Waals surface area (Å²) in [5, 5.41) is 6.86. The molecular formula is C38H56N2O4. The molecule has 0 saturated heterocycles. The molecule has 6 heteroatoms. The van der Waals surface area contributed by atoms with Crippen LogP contribution < -0.4 is 14.8 Å². The maximum absolute atomic E-state index is 12.5. The van der Waals surface area contributed by atoms with E-state index in [9.17, 15) is 4.79 Å². The number of carbonyl (C=O) groups excluding carboxylic acids is 1. The SMILES string of the molecule is CC.CC.CC.CC.CCNC(=O)c1noc(-c2cc(C(C)C)c(OCc3ccccc3)cc2OCc2ccccc2)c1C. The van der Waals surface area contributed by atoms with Gasteiger partial charge in [0.1, 0.15) is 24.7 Å². The second kappa shape index (κ2) is 23.4. The van der Waals surface area contributed by atoms with Crippen molar-refractivity contribution in [1.29, 1.82) is 0 Å². The Morgan fingerprint density at radius 2 is 1.25 bits per heavy atom. The number of amides is 1. The van der Waals surface area contributed by atoms with Gasteiger partial charge in [-0.25, -0.2) is 0 Å². The molecular weight excluding hydrogens is 548 g/mol. The number of hydrogen-bond acceptors (Lipinski definition) is 5. The predicted octanol–water partition coefficient (Wildman–Crippen LogP) is 10.8. The normalized spacial score (nSPS) is 9.48. The third kappa shape index (κ3) is 11.9. The Kier molecular flexibility index (Phi) is 21.2. The van der Waals surface area contributed by atoms with Crippen LogP contribution in [0.4, 0.5) is 0 Å². The summed E-state index contributed by atoms with van der Waals surface area (Å²) in [5.41, 5.74) is 4.82. The molecule has 44 heavy (non-hydrogen) atoms. The summed E-state index contributed by atoms with van der Waals surface area (Å²) in [6.07, 6.45) is 0. The maximum atomic E-state index is 12.5. The van der Waals surface area contributed by atoms with Gasteiger partial charge in [-0.2, -0.15) is 0 Å². The van der Waals surface area contributed by atoms with Crippen LogP contribution in [-0.2, 0) is 13.2 Å². The van der Waals surface area contributed by atoms with Gasteiger partial charge in [0, 0.05) is 18.2 Å². The lowest BCUT2D eigenvalue weighted by Crippen LogP contribution is -2.23. The van der Waals surface area contributed by atoms with E-state index in [1.807, 2.05) is 142 Å². The summed E-state index contributed by atoms with van der Waals surface area (Å²) in [4.78, 5) is 12.5. The molecule has 0 spiro atoms. The molecule has 0 saturated carbocycles. The molecule has 242 valence electrons. The highest BCUT2D eigenvalue weighted by molar-refractivity contribution is 5.95. The van der Waals surface area contributed by atoms with Crippen LogP contribution in [0.15, 0.2) is 77.3 Å². The van der Waals surface area contributed by atoms with Crippen LogP contribution in [0.5, 0.6) is 11.5 Å². The van der Waals surface area contributed by atoms with Gasteiger partial charge < -0.3 is 19.3 Å². The minimum Gasteiger partial charge on any atom is -0.488 e. The molecule has 1 amide bonds. The van der Waals surface area contributed by atoms with Crippen molar-refractivity contribution >= 4 is 5.91 Å². The summed E-state index contributed by atoms with van der Waals surface area (Å²) in [7, 11) is 0. The third-order valence-corrected chi connectivity index (χ3v) is 5.93. The highest BCUT2D eigenvalue weighted by Crippen LogP contribution is 2.41. The van der Waals surface area contributed by atoms with Gasteiger partial charge in [0.15, 0.2) is 11.5 Å². The zero-order valence-electron chi connectivity index (χ0n) is 29.2. The second-order valence-electron chi connectivity index (χ2n) is 8.93. The number of nitrogens with one attached hydrogen (secondary N) is 1. The van der Waals surface area contributed by atoms with E-state index in [0.29, 0.717) is 36.8 Å². The lowest BCUT2D eigenvalue weighted by atomic mass is 9.96. The van der Waals surface area contributed by atoms with Crippen molar-refractivity contribution in [3.05, 3.63) is 101 Å². The largest absolute Gasteiger partial charge is 0.488 e. The summed E-state index contributed by atoms with van der Waals surface area (Å²) in [5.74, 6) is 1.79. The fraction of sp³-hybridized carbons (Fsp3) is 0.421. The molecule has 0 aliphatic rings. The summed E-state index contributed by atoms with van der Waals surface area (Å²) < 4.78 is 18.3. The lowest BCUT2D eigenvalue weighted by Gasteiger charge is -2.19. The van der Waals surface area contributed by atoms with Crippen LogP contribution in [0.3, 0.4) is 0 Å². The quantitative estimate of drug-likeness (QED) is 0.195. The Morgan fingerprint density at radius 1 is 0.773 bits per heavy atom. The molecule has 1 N–H and O–H groups in total. The monoisotopic (exact) mass is 604 g/mol. The Labute approximate surface area is 267 Å². The zero-order chi connectivity index (χ0) is 33.5. The molecule has 1 heterocycles. The van der Waals surface area contributed by atoms with Gasteiger partial charge in [-0.1, -0.05) is 135 Å². The van der Waals surface area contributed by atoms with Crippen LogP contribution in [0.1, 0.15) is 115 Å². The molecule has 0 aliphatic carbocycles. The van der Waals surface area contributed by atoms with Gasteiger partial charge >= 0.3 is 0 Å². The second-order valence-corrected chi connectivity index (χ2v) is 8.93. The van der Waals surface area contributed by atoms with E-state index in [1.54, 1.807) is 0 Å². The number of hydrogen-bond donors (Lipinski definition) is 1. The molecule has 4 rings (SSSR count). The predicted molar refractivity (Wildman–Crippen MR) is 186 cm³/mol. The Bertz CT molecular complexity index is 1300. The van der Waals surface area contributed by atoms with Gasteiger partial charge in [0.05, 0.1) is 5.56 Å². The van der Waals surface area contributed by atoms with Gasteiger partial charge in [0.2, 0.25) is 0 Å². The standard InChI is InChI=1S/C30H32N2O4.4C2H6/c1-5-31-30(33)28-21(4)29(36-32-28)25-16-24(20(2)3)26(34-18-22-12-8-6-9-13-22)17-27(25)35-19-23-14-10-7-11-15-23;4*1-2/h6-17,20H,5,18-19H2,1-4H3,(H,31,33);4*1-2H3. The fourth-order valence-corrected chi connectivity index (χ4v) is 3.96. The lowest BCUT2D eigenvalue weighted by molar-refractivity contribution is 0.0946. The van der Waals surface area contributed by atoms with Crippen molar-refractivity contribution in [3.8, 4) is 22.8 Å². The van der Waals surface area contributed by atoms with Crippen LogP contribution in [-0.4, -0.2) is 17.6 Å². The molecule has 0 atom stereocenters. The van der Waals surface area contributed by atoms with Crippen molar-refractivity contribution in [2.24, 2.45) is 0 Å². The Balaban J connectivity index is 0.00000214. The van der Waals surface area contributed by atoms with Gasteiger partial charge in [0.25, 0.3) is 5.91 Å². The zero-order valence-corrected chi connectivity index (χ0v) is 29.2. The molecule has 0 bridgehead atoms. The fourth-order valence-electron chi connectivity index (χ4n) is 3.96. The number of aromatic nitrogens is 1. The Hall–Kier alpha value is -4.06. The molecule has 0 radical (unpaired) electrons. The van der Waals surface area contributed by atoms with E-state index < -0.39 is 0 Å². The van der Waals surface area contributed by atoms with Crippen LogP contribution in [0.2, 0.25) is 0 Å². The smallest absolute Gasteiger partial charge is 0.273 e. The van der Waals surface area contributed by atoms with E-state index >= 15 is 0 Å². The molecule has 0 unspecified atom stereocenters. The van der Waals surface area contributed by atoms with Crippen LogP contribution in [0.25, 0.3) is 11.3 Å². The highest BCUT2D eigenvalue weighted by Gasteiger charge is 2.24. The molecule has 4 aromatic rings. The van der Waals surface area contributed by atoms with Crippen LogP contribution >= 0.6 is 0 Å². The van der Waals surface area contributed by atoms with Crippen molar-refractivity contribution in [2.75, 3.05) is 6.54 Å². The van der Waals surface area contributed by atoms with E-state index in [0.717, 1.165) is 28.0 Å². The number of rotatable bonds is 10. The van der Waals surface area contributed by atoms with Crippen LogP contribution in [0, 0.1) is 6.92 Å². The van der Waals surface area contributed by atoms with Crippen molar-refractivity contribution in [1.82, 2.24) is 10.5 Å². The summed E-state index contributed by atoms with van der Waals surface area (Å²) in [6.45, 7) is 25.3. The molecule has 0 fully saturated rings. The first-order valence-corrected chi connectivity index (χ1v) is 16.2. The minimum absolute atomic E-state index is 0.184. The summed E-state index contributed by atoms with van der Waals surface area (Å²) >= 11 is 0. The third-order valence-electron chi connectivity index (χ3n) is 5.93. The number of ether oxygens (including phenoxy) is 2. The molecule has 3 aromatic carbocycles. The van der Waals surface area contributed by atoms with Crippen molar-refractivity contribution in [3.63, 3.8) is 0 Å². The van der Waals surface area contributed by atoms with Crippen molar-refractivity contribution < 1.29 is 18.8 Å². The molecule has 6 nitrogen and oxygen atoms in total. The summed E-state index contributed by atoms with van der Waals surface area (Å²) in [6, 6.07) is 24.0. The maximum Gasteiger partial charge on any atom is 0.273 e. The van der Waals surface area contributed by atoms with E-state index in [2.05, 4.69) is 24.3 Å². The van der Waals surface area contributed by atoms with Gasteiger partial charge in [-0.05, 0) is 42.5 Å². The van der Waals surface area contributed by atoms with Gasteiger partial charge in [-0.15, -0.1) is 0 Å². The first-order chi connectivity index (χ1) is 21.5. The minimum atomic E-state index is -0.261. The number of benzene rings is 3. The number of nitrogens with zero attached hydrogens (tertiary/aromatic N) is 1. The topological polar surface area (TPSA) is 73.6 Å². The number of carbonyl (C=O) groups is 1. The van der Waals surface area contributed by atoms with E-state index in [1.165, 1.54) is 0 Å². The van der Waals surface area contributed by atoms with Gasteiger partial charge in [-0.3, -0.25) is 4.79 Å².